The highest BCUT2D eigenvalue weighted by atomic mass is 32.1. The molecule has 0 aliphatic heterocycles. The lowest BCUT2D eigenvalue weighted by Gasteiger charge is -2.12. The summed E-state index contributed by atoms with van der Waals surface area (Å²) in [6, 6.07) is 10.2. The van der Waals surface area contributed by atoms with E-state index in [-0.39, 0.29) is 12.3 Å². The van der Waals surface area contributed by atoms with Crippen molar-refractivity contribution in [2.24, 2.45) is 0 Å². The predicted octanol–water partition coefficient (Wildman–Crippen LogP) is 3.78. The van der Waals surface area contributed by atoms with Crippen molar-refractivity contribution in [2.45, 2.75) is 18.4 Å². The number of ether oxygens (including phenoxy) is 2. The van der Waals surface area contributed by atoms with Crippen LogP contribution in [0, 0.1) is 17.0 Å². The molecular formula is C15H15NO4S. The van der Waals surface area contributed by atoms with Crippen LogP contribution in [0.2, 0.25) is 0 Å². The van der Waals surface area contributed by atoms with Crippen molar-refractivity contribution in [3.8, 4) is 11.5 Å². The number of nitro benzene ring substituents is 1. The Morgan fingerprint density at radius 1 is 1.24 bits per heavy atom. The number of hydrogen-bond donors (Lipinski definition) is 1. The molecule has 5 nitrogen and oxygen atoms in total. The van der Waals surface area contributed by atoms with E-state index in [1.807, 2.05) is 19.1 Å². The Hall–Kier alpha value is -2.21. The molecule has 0 spiro atoms. The van der Waals surface area contributed by atoms with Crippen LogP contribution in [0.3, 0.4) is 0 Å². The van der Waals surface area contributed by atoms with Gasteiger partial charge in [0.2, 0.25) is 0 Å². The van der Waals surface area contributed by atoms with Gasteiger partial charge in [0.25, 0.3) is 5.69 Å². The highest BCUT2D eigenvalue weighted by molar-refractivity contribution is 7.80. The Balaban J connectivity index is 2.28. The van der Waals surface area contributed by atoms with Crippen molar-refractivity contribution in [1.29, 1.82) is 0 Å². The van der Waals surface area contributed by atoms with Gasteiger partial charge in [0.15, 0.2) is 0 Å². The van der Waals surface area contributed by atoms with E-state index in [9.17, 15) is 10.1 Å². The van der Waals surface area contributed by atoms with Crippen molar-refractivity contribution in [3.63, 3.8) is 0 Å². The Morgan fingerprint density at radius 2 is 2.00 bits per heavy atom. The van der Waals surface area contributed by atoms with E-state index < -0.39 is 4.92 Å². The van der Waals surface area contributed by atoms with E-state index in [0.717, 1.165) is 10.5 Å². The number of nitrogens with zero attached hydrogens (tertiary/aromatic N) is 1. The van der Waals surface area contributed by atoms with E-state index >= 15 is 0 Å². The van der Waals surface area contributed by atoms with E-state index in [4.69, 9.17) is 9.47 Å². The van der Waals surface area contributed by atoms with Gasteiger partial charge in [0.1, 0.15) is 23.7 Å². The molecule has 2 aromatic rings. The number of hydrogen-bond acceptors (Lipinski definition) is 5. The number of aryl methyl sites for hydroxylation is 1. The van der Waals surface area contributed by atoms with Crippen LogP contribution >= 0.6 is 12.6 Å². The van der Waals surface area contributed by atoms with Gasteiger partial charge in [-0.3, -0.25) is 10.1 Å². The predicted molar refractivity (Wildman–Crippen MR) is 82.4 cm³/mol. The molecule has 0 radical (unpaired) electrons. The summed E-state index contributed by atoms with van der Waals surface area (Å²) in [5.74, 6) is 1.10. The number of methoxy groups -OCH3 is 1. The second-order valence-electron chi connectivity index (χ2n) is 4.45. The molecule has 0 saturated carbocycles. The molecule has 0 unspecified atom stereocenters. The first-order valence-electron chi connectivity index (χ1n) is 6.25. The van der Waals surface area contributed by atoms with E-state index in [0.29, 0.717) is 17.1 Å². The zero-order chi connectivity index (χ0) is 15.4. The van der Waals surface area contributed by atoms with E-state index in [2.05, 4.69) is 12.6 Å². The number of rotatable bonds is 5. The van der Waals surface area contributed by atoms with Gasteiger partial charge in [-0.1, -0.05) is 6.07 Å². The van der Waals surface area contributed by atoms with Crippen LogP contribution in [-0.4, -0.2) is 12.0 Å². The molecule has 6 heteroatoms. The third-order valence-corrected chi connectivity index (χ3v) is 3.33. The minimum atomic E-state index is -0.440. The standard InChI is InChI=1S/C15H15NO4S/c1-10-8-11(21)6-7-14(10)20-9-12-13(16(17)18)4-3-5-15(12)19-2/h3-8,21H,9H2,1-2H3. The van der Waals surface area contributed by atoms with Crippen molar-refractivity contribution in [2.75, 3.05) is 7.11 Å². The summed E-state index contributed by atoms with van der Waals surface area (Å²) >= 11 is 4.25. The van der Waals surface area contributed by atoms with Gasteiger partial charge < -0.3 is 9.47 Å². The van der Waals surface area contributed by atoms with Gasteiger partial charge in [0.05, 0.1) is 12.0 Å². The number of nitro groups is 1. The van der Waals surface area contributed by atoms with Crippen molar-refractivity contribution >= 4 is 18.3 Å². The maximum Gasteiger partial charge on any atom is 0.279 e. The first-order valence-corrected chi connectivity index (χ1v) is 6.70. The summed E-state index contributed by atoms with van der Waals surface area (Å²) in [5.41, 5.74) is 1.32. The van der Waals surface area contributed by atoms with E-state index in [1.165, 1.54) is 13.2 Å². The first-order chi connectivity index (χ1) is 10.0. The SMILES string of the molecule is COc1cccc([N+](=O)[O-])c1COc1ccc(S)cc1C. The van der Waals surface area contributed by atoms with Crippen molar-refractivity contribution in [3.05, 3.63) is 57.6 Å². The number of benzene rings is 2. The topological polar surface area (TPSA) is 61.6 Å². The lowest BCUT2D eigenvalue weighted by atomic mass is 10.1. The second kappa shape index (κ2) is 6.49. The zero-order valence-corrected chi connectivity index (χ0v) is 12.6. The quantitative estimate of drug-likeness (QED) is 0.519. The van der Waals surface area contributed by atoms with Crippen LogP contribution in [0.5, 0.6) is 11.5 Å². The molecule has 0 aromatic heterocycles. The molecule has 0 bridgehead atoms. The highest BCUT2D eigenvalue weighted by Gasteiger charge is 2.19. The van der Waals surface area contributed by atoms with Gasteiger partial charge in [-0.05, 0) is 36.8 Å². The van der Waals surface area contributed by atoms with Crippen molar-refractivity contribution in [1.82, 2.24) is 0 Å². The minimum Gasteiger partial charge on any atom is -0.496 e. The summed E-state index contributed by atoms with van der Waals surface area (Å²) in [7, 11) is 1.48. The summed E-state index contributed by atoms with van der Waals surface area (Å²) in [6.45, 7) is 1.96. The molecule has 0 atom stereocenters. The van der Waals surface area contributed by atoms with Gasteiger partial charge in [0, 0.05) is 11.0 Å². The fraction of sp³-hybridized carbons (Fsp3) is 0.200. The largest absolute Gasteiger partial charge is 0.496 e. The summed E-state index contributed by atoms with van der Waals surface area (Å²) < 4.78 is 10.9. The van der Waals surface area contributed by atoms with Crippen LogP contribution in [0.4, 0.5) is 5.69 Å². The van der Waals surface area contributed by atoms with E-state index in [1.54, 1.807) is 18.2 Å². The average Bonchev–Trinajstić information content (AvgIpc) is 2.45. The lowest BCUT2D eigenvalue weighted by molar-refractivity contribution is -0.385. The highest BCUT2D eigenvalue weighted by Crippen LogP contribution is 2.30. The molecule has 0 amide bonds. The summed E-state index contributed by atoms with van der Waals surface area (Å²) in [4.78, 5) is 11.5. The minimum absolute atomic E-state index is 0.0159. The van der Waals surface area contributed by atoms with Crippen LogP contribution in [-0.2, 0) is 6.61 Å². The molecule has 0 saturated heterocycles. The van der Waals surface area contributed by atoms with Gasteiger partial charge in [-0.2, -0.15) is 0 Å². The van der Waals surface area contributed by atoms with Gasteiger partial charge in [-0.25, -0.2) is 0 Å². The molecule has 2 rings (SSSR count). The molecule has 0 aliphatic carbocycles. The zero-order valence-electron chi connectivity index (χ0n) is 11.7. The first kappa shape index (κ1) is 15.2. The Bertz CT molecular complexity index is 673. The molecule has 0 aliphatic rings. The fourth-order valence-corrected chi connectivity index (χ4v) is 2.28. The Labute approximate surface area is 128 Å². The average molecular weight is 305 g/mol. The third kappa shape index (κ3) is 3.46. The molecule has 0 heterocycles. The lowest BCUT2D eigenvalue weighted by Crippen LogP contribution is -2.04. The van der Waals surface area contributed by atoms with Crippen LogP contribution in [0.15, 0.2) is 41.3 Å². The monoisotopic (exact) mass is 305 g/mol. The third-order valence-electron chi connectivity index (χ3n) is 3.06. The summed E-state index contributed by atoms with van der Waals surface area (Å²) in [5, 5.41) is 11.1. The van der Waals surface area contributed by atoms with Crippen molar-refractivity contribution < 1.29 is 14.4 Å². The second-order valence-corrected chi connectivity index (χ2v) is 4.97. The molecular weight excluding hydrogens is 290 g/mol. The van der Waals surface area contributed by atoms with Crippen LogP contribution in [0.25, 0.3) is 0 Å². The molecule has 21 heavy (non-hydrogen) atoms. The smallest absolute Gasteiger partial charge is 0.279 e. The van der Waals surface area contributed by atoms with Gasteiger partial charge >= 0.3 is 0 Å². The summed E-state index contributed by atoms with van der Waals surface area (Å²) in [6.07, 6.45) is 0. The fourth-order valence-electron chi connectivity index (χ4n) is 2.01. The van der Waals surface area contributed by atoms with Crippen LogP contribution in [0.1, 0.15) is 11.1 Å². The maximum absolute atomic E-state index is 11.1. The van der Waals surface area contributed by atoms with Crippen LogP contribution < -0.4 is 9.47 Å². The molecule has 0 fully saturated rings. The Morgan fingerprint density at radius 3 is 2.62 bits per heavy atom. The van der Waals surface area contributed by atoms with Gasteiger partial charge in [-0.15, -0.1) is 12.6 Å². The molecule has 110 valence electrons. The Kier molecular flexibility index (Phi) is 4.70. The molecule has 0 N–H and O–H groups in total. The normalized spacial score (nSPS) is 10.2. The number of thiol groups is 1. The maximum atomic E-state index is 11.1. The molecule has 2 aromatic carbocycles.